The molecule has 0 saturated carbocycles. The van der Waals surface area contributed by atoms with E-state index >= 15 is 0 Å². The number of carbonyl (C=O) groups excluding carboxylic acids is 2. The number of hydrogen-bond donors (Lipinski definition) is 2. The monoisotopic (exact) mass is 470 g/mol. The number of benzene rings is 2. The lowest BCUT2D eigenvalue weighted by molar-refractivity contribution is -0.119. The minimum Gasteiger partial charge on any atom is -0.326 e. The fourth-order valence-corrected chi connectivity index (χ4v) is 6.93. The van der Waals surface area contributed by atoms with Crippen molar-refractivity contribution in [1.82, 2.24) is 0 Å². The van der Waals surface area contributed by atoms with Crippen LogP contribution in [0.1, 0.15) is 48.9 Å². The van der Waals surface area contributed by atoms with Crippen LogP contribution >= 0.6 is 0 Å². The molecule has 0 bridgehead atoms. The van der Waals surface area contributed by atoms with Crippen molar-refractivity contribution in [3.8, 4) is 0 Å². The van der Waals surface area contributed by atoms with Gasteiger partial charge in [0.05, 0.1) is 11.5 Å². The number of amides is 2. The molecule has 2 aromatic rings. The fourth-order valence-electron chi connectivity index (χ4n) is 4.70. The summed E-state index contributed by atoms with van der Waals surface area (Å²) in [6, 6.07) is 11.8. The predicted octanol–water partition coefficient (Wildman–Crippen LogP) is 4.45. The summed E-state index contributed by atoms with van der Waals surface area (Å²) < 4.78 is 24.8. The van der Waals surface area contributed by atoms with Gasteiger partial charge in [-0.2, -0.15) is 0 Å². The van der Waals surface area contributed by atoms with E-state index < -0.39 is 9.84 Å². The molecule has 0 aliphatic carbocycles. The molecule has 0 aromatic heterocycles. The van der Waals surface area contributed by atoms with Gasteiger partial charge in [-0.05, 0) is 60.8 Å². The van der Waals surface area contributed by atoms with Crippen LogP contribution in [0.4, 0.5) is 11.4 Å². The number of hydrogen-bond acceptors (Lipinski definition) is 4. The molecule has 2 aromatic carbocycles. The number of para-hydroxylation sites is 2. The van der Waals surface area contributed by atoms with E-state index in [0.29, 0.717) is 0 Å². The predicted molar refractivity (Wildman–Crippen MR) is 133 cm³/mol. The smallest absolute Gasteiger partial charge is 0.224 e. The van der Waals surface area contributed by atoms with Crippen LogP contribution in [0.25, 0.3) is 0 Å². The zero-order chi connectivity index (χ0) is 24.2. The van der Waals surface area contributed by atoms with Gasteiger partial charge in [-0.15, -0.1) is 0 Å². The average molecular weight is 471 g/mol. The van der Waals surface area contributed by atoms with Gasteiger partial charge >= 0.3 is 0 Å². The normalized spacial score (nSPS) is 19.3. The molecule has 0 unspecified atom stereocenters. The van der Waals surface area contributed by atoms with E-state index in [1.165, 1.54) is 0 Å². The summed E-state index contributed by atoms with van der Waals surface area (Å²) >= 11 is 0. The van der Waals surface area contributed by atoms with Gasteiger partial charge in [-0.1, -0.05) is 50.2 Å². The molecule has 1 fully saturated rings. The first-order valence-corrected chi connectivity index (χ1v) is 13.4. The van der Waals surface area contributed by atoms with Crippen molar-refractivity contribution >= 4 is 33.0 Å². The molecule has 0 radical (unpaired) electrons. The number of nitrogens with one attached hydrogen (secondary N) is 2. The van der Waals surface area contributed by atoms with Crippen LogP contribution in [0.3, 0.4) is 0 Å². The van der Waals surface area contributed by atoms with Gasteiger partial charge in [0.1, 0.15) is 0 Å². The van der Waals surface area contributed by atoms with Crippen LogP contribution < -0.4 is 10.6 Å². The summed E-state index contributed by atoms with van der Waals surface area (Å²) in [5.74, 6) is -1.29. The molecule has 2 atom stereocenters. The van der Waals surface area contributed by atoms with Crippen LogP contribution in [0.5, 0.6) is 0 Å². The molecule has 3 rings (SSSR count). The Morgan fingerprint density at radius 3 is 1.55 bits per heavy atom. The summed E-state index contributed by atoms with van der Waals surface area (Å²) in [7, 11) is -3.28. The van der Waals surface area contributed by atoms with Crippen LogP contribution in [0.2, 0.25) is 0 Å². The molecule has 2 amide bonds. The summed E-state index contributed by atoms with van der Waals surface area (Å²) in [5.41, 5.74) is 5.63. The van der Waals surface area contributed by atoms with Gasteiger partial charge in [-0.3, -0.25) is 9.59 Å². The third kappa shape index (κ3) is 6.22. The van der Waals surface area contributed by atoms with E-state index in [9.17, 15) is 18.0 Å². The van der Waals surface area contributed by atoms with Crippen molar-refractivity contribution in [2.75, 3.05) is 22.1 Å². The molecule has 6 nitrogen and oxygen atoms in total. The van der Waals surface area contributed by atoms with Gasteiger partial charge in [0, 0.05) is 24.2 Å². The minimum absolute atomic E-state index is 0.0582. The van der Waals surface area contributed by atoms with E-state index in [1.54, 1.807) is 0 Å². The van der Waals surface area contributed by atoms with E-state index in [-0.39, 0.29) is 48.0 Å². The lowest BCUT2D eigenvalue weighted by Crippen LogP contribution is -2.26. The Morgan fingerprint density at radius 2 is 1.18 bits per heavy atom. The minimum atomic E-state index is -3.28. The second-order valence-corrected chi connectivity index (χ2v) is 11.2. The van der Waals surface area contributed by atoms with Gasteiger partial charge in [0.25, 0.3) is 0 Å². The molecular formula is C26H34N2O4S. The highest BCUT2D eigenvalue weighted by Crippen LogP contribution is 2.32. The molecule has 1 aliphatic rings. The van der Waals surface area contributed by atoms with E-state index in [4.69, 9.17) is 0 Å². The molecule has 7 heteroatoms. The van der Waals surface area contributed by atoms with Gasteiger partial charge in [0.2, 0.25) is 11.8 Å². The Kier molecular flexibility index (Phi) is 7.95. The fraction of sp³-hybridized carbons (Fsp3) is 0.462. The number of rotatable bonds is 8. The zero-order valence-corrected chi connectivity index (χ0v) is 20.7. The number of sulfone groups is 1. The first-order valence-electron chi connectivity index (χ1n) is 11.6. The summed E-state index contributed by atoms with van der Waals surface area (Å²) in [6.07, 6.45) is 1.74. The van der Waals surface area contributed by atoms with E-state index in [0.717, 1.165) is 46.5 Å². The van der Waals surface area contributed by atoms with Gasteiger partial charge in [0.15, 0.2) is 9.84 Å². The second-order valence-electron chi connectivity index (χ2n) is 9.03. The summed E-state index contributed by atoms with van der Waals surface area (Å²) in [5, 5.41) is 5.97. The maximum Gasteiger partial charge on any atom is 0.224 e. The van der Waals surface area contributed by atoms with Crippen molar-refractivity contribution in [3.63, 3.8) is 0 Å². The molecular weight excluding hydrogens is 436 g/mol. The standard InChI is InChI=1S/C26H34N2O4S/c1-5-19-11-7-9-17(3)25(19)27-23(29)13-21-15-33(31,32)16-22(21)14-24(30)28-26-18(4)10-8-12-20(26)6-2/h7-12,21-22H,5-6,13-16H2,1-4H3,(H,27,29)(H,28,30)/t21-,22-/m1/s1. The zero-order valence-electron chi connectivity index (χ0n) is 19.9. The maximum absolute atomic E-state index is 12.8. The van der Waals surface area contributed by atoms with E-state index in [1.807, 2.05) is 64.1 Å². The van der Waals surface area contributed by atoms with Crippen molar-refractivity contribution in [2.24, 2.45) is 11.8 Å². The van der Waals surface area contributed by atoms with Crippen LogP contribution in [0.15, 0.2) is 36.4 Å². The van der Waals surface area contributed by atoms with Crippen LogP contribution in [-0.4, -0.2) is 31.7 Å². The Balaban J connectivity index is 1.70. The Hall–Kier alpha value is -2.67. The third-order valence-corrected chi connectivity index (χ3v) is 8.38. The highest BCUT2D eigenvalue weighted by Gasteiger charge is 2.39. The largest absolute Gasteiger partial charge is 0.326 e. The van der Waals surface area contributed by atoms with Crippen molar-refractivity contribution < 1.29 is 18.0 Å². The maximum atomic E-state index is 12.8. The lowest BCUT2D eigenvalue weighted by Gasteiger charge is -2.19. The molecule has 1 saturated heterocycles. The number of anilines is 2. The summed E-state index contributed by atoms with van der Waals surface area (Å²) in [4.78, 5) is 25.7. The molecule has 1 aliphatic heterocycles. The quantitative estimate of drug-likeness (QED) is 0.596. The number of aryl methyl sites for hydroxylation is 4. The van der Waals surface area contributed by atoms with Crippen molar-refractivity contribution in [1.29, 1.82) is 0 Å². The Morgan fingerprint density at radius 1 is 0.788 bits per heavy atom. The van der Waals surface area contributed by atoms with Gasteiger partial charge < -0.3 is 10.6 Å². The highest BCUT2D eigenvalue weighted by atomic mass is 32.2. The molecule has 33 heavy (non-hydrogen) atoms. The lowest BCUT2D eigenvalue weighted by atomic mass is 9.89. The average Bonchev–Trinajstić information content (AvgIpc) is 3.03. The molecule has 178 valence electrons. The Bertz CT molecular complexity index is 1060. The molecule has 1 heterocycles. The van der Waals surface area contributed by atoms with Gasteiger partial charge in [-0.25, -0.2) is 8.42 Å². The molecule has 0 spiro atoms. The topological polar surface area (TPSA) is 92.3 Å². The second kappa shape index (κ2) is 10.5. The molecule has 2 N–H and O–H groups in total. The first kappa shape index (κ1) is 25.0. The Labute approximate surface area is 197 Å². The van der Waals surface area contributed by atoms with Crippen LogP contribution in [-0.2, 0) is 32.3 Å². The number of carbonyl (C=O) groups is 2. The van der Waals surface area contributed by atoms with Crippen molar-refractivity contribution in [3.05, 3.63) is 58.7 Å². The van der Waals surface area contributed by atoms with Crippen molar-refractivity contribution in [2.45, 2.75) is 53.4 Å². The van der Waals surface area contributed by atoms with Crippen LogP contribution in [0, 0.1) is 25.7 Å². The first-order chi connectivity index (χ1) is 15.6. The third-order valence-electron chi connectivity index (χ3n) is 6.51. The summed E-state index contributed by atoms with van der Waals surface area (Å²) in [6.45, 7) is 7.94. The van der Waals surface area contributed by atoms with E-state index in [2.05, 4.69) is 10.6 Å². The highest BCUT2D eigenvalue weighted by molar-refractivity contribution is 7.91. The SMILES string of the molecule is CCc1cccc(C)c1NC(=O)C[C@@H]1CS(=O)(=O)C[C@H]1CC(=O)Nc1c(C)cccc1CC.